The van der Waals surface area contributed by atoms with Crippen molar-refractivity contribution in [1.82, 2.24) is 4.98 Å². The van der Waals surface area contributed by atoms with Crippen LogP contribution in [0, 0.1) is 13.8 Å². The molecular formula is C17H18N2OS. The Kier molecular flexibility index (Phi) is 3.80. The smallest absolute Gasteiger partial charge is 0.184 e. The highest BCUT2D eigenvalue weighted by atomic mass is 32.1. The minimum Gasteiger partial charge on any atom is -0.494 e. The van der Waals surface area contributed by atoms with Crippen LogP contribution in [-0.2, 0) is 6.54 Å². The minimum atomic E-state index is 0.779. The number of methoxy groups -OCH3 is 1. The summed E-state index contributed by atoms with van der Waals surface area (Å²) < 4.78 is 6.69. The molecule has 1 heterocycles. The van der Waals surface area contributed by atoms with Gasteiger partial charge in [0.25, 0.3) is 0 Å². The largest absolute Gasteiger partial charge is 0.494 e. The van der Waals surface area contributed by atoms with E-state index in [1.54, 1.807) is 18.4 Å². The molecule has 0 spiro atoms. The van der Waals surface area contributed by atoms with E-state index in [0.29, 0.717) is 0 Å². The molecule has 0 saturated heterocycles. The van der Waals surface area contributed by atoms with E-state index in [2.05, 4.69) is 37.4 Å². The first kappa shape index (κ1) is 13.9. The van der Waals surface area contributed by atoms with Gasteiger partial charge in [-0.05, 0) is 30.5 Å². The van der Waals surface area contributed by atoms with Crippen molar-refractivity contribution in [3.63, 3.8) is 0 Å². The standard InChI is InChI=1S/C17H18N2OS/c1-11-9-12(2)16-14(15(11)20-3)19-17(21-16)18-10-13-7-5-4-6-8-13/h4-9H,10H2,1-3H3,(H,18,19). The first-order chi connectivity index (χ1) is 10.2. The van der Waals surface area contributed by atoms with Crippen LogP contribution >= 0.6 is 11.3 Å². The highest BCUT2D eigenvalue weighted by molar-refractivity contribution is 7.22. The summed E-state index contributed by atoms with van der Waals surface area (Å²) in [6, 6.07) is 12.5. The molecule has 0 atom stereocenters. The third kappa shape index (κ3) is 2.72. The maximum Gasteiger partial charge on any atom is 0.184 e. The Morgan fingerprint density at radius 1 is 1.14 bits per heavy atom. The molecule has 3 rings (SSSR count). The van der Waals surface area contributed by atoms with Crippen LogP contribution in [0.2, 0.25) is 0 Å². The second-order valence-electron chi connectivity index (χ2n) is 5.08. The average Bonchev–Trinajstić information content (AvgIpc) is 2.91. The Morgan fingerprint density at radius 2 is 1.90 bits per heavy atom. The lowest BCUT2D eigenvalue weighted by Crippen LogP contribution is -1.98. The molecular weight excluding hydrogens is 280 g/mol. The van der Waals surface area contributed by atoms with Crippen LogP contribution in [0.1, 0.15) is 16.7 Å². The molecule has 0 aliphatic rings. The van der Waals surface area contributed by atoms with Gasteiger partial charge in [-0.3, -0.25) is 0 Å². The number of fused-ring (bicyclic) bond motifs is 1. The van der Waals surface area contributed by atoms with Crippen molar-refractivity contribution in [3.05, 3.63) is 53.1 Å². The van der Waals surface area contributed by atoms with E-state index in [-0.39, 0.29) is 0 Å². The monoisotopic (exact) mass is 298 g/mol. The fourth-order valence-electron chi connectivity index (χ4n) is 2.49. The van der Waals surface area contributed by atoms with Crippen molar-refractivity contribution in [1.29, 1.82) is 0 Å². The number of anilines is 1. The molecule has 0 amide bonds. The van der Waals surface area contributed by atoms with E-state index in [9.17, 15) is 0 Å². The van der Waals surface area contributed by atoms with E-state index in [1.807, 2.05) is 18.2 Å². The fourth-order valence-corrected chi connectivity index (χ4v) is 3.42. The molecule has 3 nitrogen and oxygen atoms in total. The summed E-state index contributed by atoms with van der Waals surface area (Å²) in [4.78, 5) is 4.70. The zero-order valence-electron chi connectivity index (χ0n) is 12.4. The number of rotatable bonds is 4. The molecule has 1 N–H and O–H groups in total. The first-order valence-electron chi connectivity index (χ1n) is 6.91. The third-order valence-corrected chi connectivity index (χ3v) is 4.63. The SMILES string of the molecule is COc1c(C)cc(C)c2sc(NCc3ccccc3)nc12. The molecule has 3 aromatic rings. The van der Waals surface area contributed by atoms with Crippen molar-refractivity contribution in [2.24, 2.45) is 0 Å². The molecule has 0 unspecified atom stereocenters. The number of benzene rings is 2. The summed E-state index contributed by atoms with van der Waals surface area (Å²) in [5.74, 6) is 0.875. The molecule has 0 aliphatic carbocycles. The lowest BCUT2D eigenvalue weighted by atomic mass is 10.1. The quantitative estimate of drug-likeness (QED) is 0.768. The van der Waals surface area contributed by atoms with Gasteiger partial charge in [0.15, 0.2) is 5.13 Å². The number of nitrogens with zero attached hydrogens (tertiary/aromatic N) is 1. The molecule has 1 aromatic heterocycles. The van der Waals surface area contributed by atoms with Crippen molar-refractivity contribution >= 4 is 26.7 Å². The number of ether oxygens (including phenoxy) is 1. The Hall–Kier alpha value is -2.07. The highest BCUT2D eigenvalue weighted by Gasteiger charge is 2.13. The van der Waals surface area contributed by atoms with Gasteiger partial charge in [-0.15, -0.1) is 0 Å². The lowest BCUT2D eigenvalue weighted by Gasteiger charge is -2.06. The van der Waals surface area contributed by atoms with Crippen molar-refractivity contribution in [2.75, 3.05) is 12.4 Å². The van der Waals surface area contributed by atoms with Crippen LogP contribution < -0.4 is 10.1 Å². The molecule has 0 aliphatic heterocycles. The van der Waals surface area contributed by atoms with Crippen molar-refractivity contribution < 1.29 is 4.74 Å². The molecule has 108 valence electrons. The van der Waals surface area contributed by atoms with Crippen molar-refractivity contribution in [3.8, 4) is 5.75 Å². The molecule has 0 bridgehead atoms. The molecule has 21 heavy (non-hydrogen) atoms. The predicted molar refractivity (Wildman–Crippen MR) is 89.4 cm³/mol. The number of aromatic nitrogens is 1. The second-order valence-corrected chi connectivity index (χ2v) is 6.08. The van der Waals surface area contributed by atoms with Gasteiger partial charge in [0.1, 0.15) is 11.3 Å². The minimum absolute atomic E-state index is 0.779. The van der Waals surface area contributed by atoms with Crippen LogP contribution in [0.4, 0.5) is 5.13 Å². The summed E-state index contributed by atoms with van der Waals surface area (Å²) in [6.07, 6.45) is 0. The van der Waals surface area contributed by atoms with Gasteiger partial charge < -0.3 is 10.1 Å². The Balaban J connectivity index is 1.92. The van der Waals surface area contributed by atoms with E-state index in [4.69, 9.17) is 9.72 Å². The number of hydrogen-bond acceptors (Lipinski definition) is 4. The fraction of sp³-hybridized carbons (Fsp3) is 0.235. The van der Waals surface area contributed by atoms with E-state index >= 15 is 0 Å². The summed E-state index contributed by atoms with van der Waals surface area (Å²) in [5, 5.41) is 4.33. The van der Waals surface area contributed by atoms with E-state index in [1.165, 1.54) is 15.8 Å². The number of aryl methyl sites for hydroxylation is 2. The zero-order valence-corrected chi connectivity index (χ0v) is 13.3. The Bertz CT molecular complexity index is 765. The first-order valence-corrected chi connectivity index (χ1v) is 7.73. The average molecular weight is 298 g/mol. The maximum atomic E-state index is 5.51. The highest BCUT2D eigenvalue weighted by Crippen LogP contribution is 2.37. The molecule has 0 radical (unpaired) electrons. The number of thiazole rings is 1. The van der Waals surface area contributed by atoms with Crippen LogP contribution in [-0.4, -0.2) is 12.1 Å². The van der Waals surface area contributed by atoms with Gasteiger partial charge in [-0.25, -0.2) is 4.98 Å². The second kappa shape index (κ2) is 5.74. The maximum absolute atomic E-state index is 5.51. The topological polar surface area (TPSA) is 34.1 Å². The van der Waals surface area contributed by atoms with Crippen LogP contribution in [0.3, 0.4) is 0 Å². The van der Waals surface area contributed by atoms with Gasteiger partial charge in [0.05, 0.1) is 11.8 Å². The zero-order chi connectivity index (χ0) is 14.8. The Morgan fingerprint density at radius 3 is 2.62 bits per heavy atom. The normalized spacial score (nSPS) is 10.8. The molecule has 0 fully saturated rings. The summed E-state index contributed by atoms with van der Waals surface area (Å²) in [7, 11) is 1.70. The predicted octanol–water partition coefficient (Wildman–Crippen LogP) is 4.53. The van der Waals surface area contributed by atoms with E-state index < -0.39 is 0 Å². The molecule has 0 saturated carbocycles. The van der Waals surface area contributed by atoms with Crippen LogP contribution in [0.25, 0.3) is 10.2 Å². The summed E-state index contributed by atoms with van der Waals surface area (Å²) in [5.41, 5.74) is 4.57. The lowest BCUT2D eigenvalue weighted by molar-refractivity contribution is 0.416. The van der Waals surface area contributed by atoms with Gasteiger partial charge >= 0.3 is 0 Å². The van der Waals surface area contributed by atoms with Crippen LogP contribution in [0.5, 0.6) is 5.75 Å². The summed E-state index contributed by atoms with van der Waals surface area (Å²) in [6.45, 7) is 4.95. The van der Waals surface area contributed by atoms with Gasteiger partial charge in [0.2, 0.25) is 0 Å². The Labute approximate surface area is 128 Å². The van der Waals surface area contributed by atoms with Gasteiger partial charge in [-0.1, -0.05) is 47.7 Å². The third-order valence-electron chi connectivity index (χ3n) is 3.48. The number of hydrogen-bond donors (Lipinski definition) is 1. The molecule has 2 aromatic carbocycles. The summed E-state index contributed by atoms with van der Waals surface area (Å²) >= 11 is 1.68. The van der Waals surface area contributed by atoms with Crippen LogP contribution in [0.15, 0.2) is 36.4 Å². The van der Waals surface area contributed by atoms with Crippen molar-refractivity contribution in [2.45, 2.75) is 20.4 Å². The van der Waals surface area contributed by atoms with Gasteiger partial charge in [-0.2, -0.15) is 0 Å². The number of nitrogens with one attached hydrogen (secondary N) is 1. The van der Waals surface area contributed by atoms with Gasteiger partial charge in [0, 0.05) is 6.54 Å². The van der Waals surface area contributed by atoms with E-state index in [0.717, 1.165) is 28.5 Å². The molecule has 4 heteroatoms.